The van der Waals surface area contributed by atoms with E-state index in [2.05, 4.69) is 53.6 Å². The highest BCUT2D eigenvalue weighted by Crippen LogP contribution is 2.24. The van der Waals surface area contributed by atoms with Gasteiger partial charge in [-0.2, -0.15) is 0 Å². The molecule has 0 aliphatic carbocycles. The first-order valence-corrected chi connectivity index (χ1v) is 24.9. The molecule has 0 spiro atoms. The Bertz CT molecular complexity index is 1360. The van der Waals surface area contributed by atoms with Gasteiger partial charge in [0, 0.05) is 91.8 Å². The molecule has 1 aromatic heterocycles. The van der Waals surface area contributed by atoms with Crippen molar-refractivity contribution in [1.29, 1.82) is 0 Å². The number of ether oxygens (including phenoxy) is 4. The molecule has 21 heteroatoms. The molecule has 1 unspecified atom stereocenters. The van der Waals surface area contributed by atoms with E-state index in [0.717, 1.165) is 33.0 Å². The molecular formula is C34H52IN9O7S4. The van der Waals surface area contributed by atoms with E-state index >= 15 is 0 Å². The first-order valence-electron chi connectivity index (χ1n) is 18.4. The molecule has 55 heavy (non-hydrogen) atoms. The molecule has 2 aromatic rings. The van der Waals surface area contributed by atoms with E-state index in [1.807, 2.05) is 34.1 Å². The number of hydrogen-bond donors (Lipinski definition) is 2. The fourth-order valence-electron chi connectivity index (χ4n) is 5.19. The van der Waals surface area contributed by atoms with Crippen molar-refractivity contribution in [3.8, 4) is 17.1 Å². The average molecular weight is 954 g/mol. The summed E-state index contributed by atoms with van der Waals surface area (Å²) in [6.45, 7) is 8.47. The lowest BCUT2D eigenvalue weighted by molar-refractivity contribution is -0.131. The van der Waals surface area contributed by atoms with Gasteiger partial charge < -0.3 is 44.3 Å². The second-order valence-corrected chi connectivity index (χ2v) is 18.4. The van der Waals surface area contributed by atoms with Gasteiger partial charge in [-0.3, -0.25) is 4.79 Å². The molecule has 1 atom stereocenters. The van der Waals surface area contributed by atoms with Crippen molar-refractivity contribution in [2.45, 2.75) is 25.9 Å². The van der Waals surface area contributed by atoms with Crippen LogP contribution in [0.25, 0.3) is 11.4 Å². The molecule has 0 saturated carbocycles. The van der Waals surface area contributed by atoms with E-state index in [1.54, 1.807) is 55.0 Å². The topological polar surface area (TPSA) is 173 Å². The third kappa shape index (κ3) is 18.4. The van der Waals surface area contributed by atoms with Crippen LogP contribution >= 0.6 is 65.8 Å². The van der Waals surface area contributed by atoms with Crippen LogP contribution in [0.5, 0.6) is 5.75 Å². The summed E-state index contributed by atoms with van der Waals surface area (Å²) in [5.41, 5.74) is 0.807. The van der Waals surface area contributed by atoms with Gasteiger partial charge in [-0.25, -0.2) is 9.59 Å². The fraction of sp³-hybridized carbons (Fsp3) is 0.676. The first kappa shape index (κ1) is 45.7. The minimum absolute atomic E-state index is 0.0339. The van der Waals surface area contributed by atoms with Crippen LogP contribution in [-0.4, -0.2) is 179 Å². The summed E-state index contributed by atoms with van der Waals surface area (Å²) < 4.78 is 23.8. The minimum atomic E-state index is -0.105. The number of urea groups is 2. The first-order chi connectivity index (χ1) is 26.9. The highest BCUT2D eigenvalue weighted by atomic mass is 127. The Morgan fingerprint density at radius 3 is 1.80 bits per heavy atom. The van der Waals surface area contributed by atoms with E-state index in [1.165, 1.54) is 0 Å². The Kier molecular flexibility index (Phi) is 22.9. The van der Waals surface area contributed by atoms with Gasteiger partial charge in [0.25, 0.3) is 0 Å². The van der Waals surface area contributed by atoms with Crippen LogP contribution in [0.15, 0.2) is 24.3 Å². The van der Waals surface area contributed by atoms with Crippen molar-refractivity contribution < 1.29 is 33.3 Å². The molecule has 2 aliphatic heterocycles. The Labute approximate surface area is 353 Å². The van der Waals surface area contributed by atoms with Crippen LogP contribution in [0.4, 0.5) is 9.59 Å². The molecule has 306 valence electrons. The van der Waals surface area contributed by atoms with Gasteiger partial charge in [-0.05, 0) is 37.6 Å². The van der Waals surface area contributed by atoms with Gasteiger partial charge in [0.15, 0.2) is 5.82 Å². The molecule has 2 fully saturated rings. The zero-order chi connectivity index (χ0) is 38.9. The van der Waals surface area contributed by atoms with Crippen LogP contribution in [0.1, 0.15) is 18.7 Å². The zero-order valence-corrected chi connectivity index (χ0v) is 36.7. The lowest BCUT2D eigenvalue weighted by atomic mass is 10.2. The predicted octanol–water partition coefficient (Wildman–Crippen LogP) is 3.90. The molecule has 3 heterocycles. The molecule has 2 aliphatic rings. The number of benzene rings is 1. The number of carbonyl (C=O) groups excluding carboxylic acids is 3. The van der Waals surface area contributed by atoms with Crippen molar-refractivity contribution in [2.75, 3.05) is 119 Å². The summed E-state index contributed by atoms with van der Waals surface area (Å²) in [7, 11) is 7.13. The number of carbonyl (C=O) groups is 3. The van der Waals surface area contributed by atoms with Gasteiger partial charge in [-0.1, -0.05) is 65.8 Å². The normalized spacial score (nSPS) is 15.5. The number of hydrogen-bond acceptors (Lipinski definition) is 15. The summed E-state index contributed by atoms with van der Waals surface area (Å²) >= 11 is 2.27. The molecular weight excluding hydrogens is 902 g/mol. The van der Waals surface area contributed by atoms with Gasteiger partial charge in [0.05, 0.1) is 39.1 Å². The fourth-order valence-corrected chi connectivity index (χ4v) is 9.85. The third-order valence-electron chi connectivity index (χ3n) is 8.18. The second-order valence-electron chi connectivity index (χ2n) is 12.2. The average Bonchev–Trinajstić information content (AvgIpc) is 3.66. The summed E-state index contributed by atoms with van der Waals surface area (Å²) in [5, 5.41) is 21.9. The molecule has 0 bridgehead atoms. The Morgan fingerprint density at radius 1 is 0.764 bits per heavy atom. The van der Waals surface area contributed by atoms with E-state index in [4.69, 9.17) is 18.9 Å². The largest absolute Gasteiger partial charge is 0.491 e. The smallest absolute Gasteiger partial charge is 0.317 e. The van der Waals surface area contributed by atoms with Gasteiger partial charge >= 0.3 is 12.1 Å². The van der Waals surface area contributed by atoms with E-state index in [-0.39, 0.29) is 24.1 Å². The van der Waals surface area contributed by atoms with Gasteiger partial charge in [-0.15, -0.1) is 20.4 Å². The number of alkyl halides is 1. The SMILES string of the molecule is Cc1nnc(-c2ccc(OCCOCCOCCOC(CI)CCC(=O)N(CCNC(=O)N3CCSSCC3)CCNC(=O)N3CCSSCC3)cc2)nn1. The van der Waals surface area contributed by atoms with Gasteiger partial charge in [0.1, 0.15) is 12.4 Å². The molecule has 5 amide bonds. The van der Waals surface area contributed by atoms with Crippen LogP contribution in [0.3, 0.4) is 0 Å². The summed E-state index contributed by atoms with van der Waals surface area (Å²) in [5.74, 6) is 5.25. The number of aromatic nitrogens is 4. The molecule has 0 radical (unpaired) electrons. The number of halogens is 1. The Hall–Kier alpha value is -2.02. The molecule has 4 rings (SSSR count). The second kappa shape index (κ2) is 27.6. The lowest BCUT2D eigenvalue weighted by Gasteiger charge is -2.26. The van der Waals surface area contributed by atoms with Gasteiger partial charge in [0.2, 0.25) is 11.7 Å². The maximum Gasteiger partial charge on any atom is 0.317 e. The highest BCUT2D eigenvalue weighted by molar-refractivity contribution is 14.1. The Balaban J connectivity index is 1.08. The molecule has 16 nitrogen and oxygen atoms in total. The maximum absolute atomic E-state index is 13.4. The number of nitrogens with one attached hydrogen (secondary N) is 2. The van der Waals surface area contributed by atoms with Crippen LogP contribution < -0.4 is 15.4 Å². The van der Waals surface area contributed by atoms with Crippen molar-refractivity contribution in [3.05, 3.63) is 30.1 Å². The highest BCUT2D eigenvalue weighted by Gasteiger charge is 2.20. The monoisotopic (exact) mass is 953 g/mol. The molecule has 2 N–H and O–H groups in total. The number of amides is 5. The van der Waals surface area contributed by atoms with E-state index < -0.39 is 0 Å². The quantitative estimate of drug-likeness (QED) is 0.0753. The number of nitrogens with zero attached hydrogens (tertiary/aromatic N) is 7. The van der Waals surface area contributed by atoms with Crippen molar-refractivity contribution >= 4 is 83.7 Å². The minimum Gasteiger partial charge on any atom is -0.491 e. The van der Waals surface area contributed by atoms with E-state index in [9.17, 15) is 14.4 Å². The summed E-state index contributed by atoms with van der Waals surface area (Å²) in [4.78, 5) is 44.4. The van der Waals surface area contributed by atoms with Crippen LogP contribution in [-0.2, 0) is 19.0 Å². The van der Waals surface area contributed by atoms with Crippen LogP contribution in [0, 0.1) is 6.92 Å². The summed E-state index contributed by atoms with van der Waals surface area (Å²) in [6, 6.07) is 7.19. The standard InChI is InChI=1S/C34H52IN9O7S4/c1-27-38-40-32(41-39-27)28-2-4-29(5-3-28)50-20-18-48-16-17-49-19-21-51-30(26-35)6-7-31(45)42(10-8-36-33(46)43-12-22-52-53-23-13-43)11-9-37-34(47)44-14-24-54-55-25-15-44/h2-5,30H,6-26H2,1H3,(H,36,46)(H,37,47). The molecule has 1 aromatic carbocycles. The van der Waals surface area contributed by atoms with Crippen molar-refractivity contribution in [2.24, 2.45) is 0 Å². The summed E-state index contributed by atoms with van der Waals surface area (Å²) in [6.07, 6.45) is 0.754. The number of rotatable bonds is 22. The zero-order valence-electron chi connectivity index (χ0n) is 31.2. The number of aryl methyl sites for hydroxylation is 1. The van der Waals surface area contributed by atoms with Crippen molar-refractivity contribution in [3.63, 3.8) is 0 Å². The maximum atomic E-state index is 13.4. The van der Waals surface area contributed by atoms with Crippen LogP contribution in [0.2, 0.25) is 0 Å². The lowest BCUT2D eigenvalue weighted by Crippen LogP contribution is -2.48. The van der Waals surface area contributed by atoms with E-state index in [0.29, 0.717) is 122 Å². The molecule has 2 saturated heterocycles. The third-order valence-corrected chi connectivity index (χ3v) is 13.9. The van der Waals surface area contributed by atoms with Crippen molar-refractivity contribution in [1.82, 2.24) is 45.7 Å². The predicted molar refractivity (Wildman–Crippen MR) is 229 cm³/mol. The Morgan fingerprint density at radius 2 is 1.27 bits per heavy atom.